The van der Waals surface area contributed by atoms with Crippen LogP contribution in [0.5, 0.6) is 0 Å². The van der Waals surface area contributed by atoms with E-state index >= 15 is 0 Å². The van der Waals surface area contributed by atoms with Crippen molar-refractivity contribution in [2.75, 3.05) is 19.7 Å². The van der Waals surface area contributed by atoms with E-state index in [0.29, 0.717) is 25.7 Å². The molecule has 0 aromatic rings. The number of nitrogens with zero attached hydrogens (tertiary/aromatic N) is 1. The minimum Gasteiger partial charge on any atom is -0.375 e. The van der Waals surface area contributed by atoms with Crippen molar-refractivity contribution in [3.63, 3.8) is 0 Å². The number of rotatable bonds is 5. The van der Waals surface area contributed by atoms with Gasteiger partial charge in [0.05, 0.1) is 24.0 Å². The molecule has 5 nitrogen and oxygen atoms in total. The Morgan fingerprint density at radius 2 is 1.95 bits per heavy atom. The Bertz CT molecular complexity index is 409. The fourth-order valence-electron chi connectivity index (χ4n) is 3.12. The number of fused-ring (bicyclic) bond motifs is 1. The van der Waals surface area contributed by atoms with Gasteiger partial charge in [0.1, 0.15) is 0 Å². The molecule has 20 heavy (non-hydrogen) atoms. The second-order valence-electron chi connectivity index (χ2n) is 6.29. The highest BCUT2D eigenvalue weighted by molar-refractivity contribution is 7.89. The maximum absolute atomic E-state index is 12.8. The topological polar surface area (TPSA) is 58.6 Å². The van der Waals surface area contributed by atoms with Gasteiger partial charge in [-0.15, -0.1) is 0 Å². The minimum atomic E-state index is -3.24. The average Bonchev–Trinajstić information content (AvgIpc) is 2.43. The van der Waals surface area contributed by atoms with Crippen molar-refractivity contribution < 1.29 is 13.2 Å². The summed E-state index contributed by atoms with van der Waals surface area (Å²) in [4.78, 5) is 0. The predicted octanol–water partition coefficient (Wildman–Crippen LogP) is 1.35. The monoisotopic (exact) mass is 304 g/mol. The molecule has 1 heterocycles. The van der Waals surface area contributed by atoms with Crippen LogP contribution >= 0.6 is 0 Å². The Kier molecular flexibility index (Phi) is 5.45. The van der Waals surface area contributed by atoms with Crippen LogP contribution in [-0.4, -0.2) is 55.9 Å². The zero-order valence-corrected chi connectivity index (χ0v) is 13.7. The molecule has 0 aromatic carbocycles. The lowest BCUT2D eigenvalue weighted by atomic mass is 9.91. The van der Waals surface area contributed by atoms with Gasteiger partial charge in [0.2, 0.25) is 10.0 Å². The van der Waals surface area contributed by atoms with Gasteiger partial charge in [-0.1, -0.05) is 26.7 Å². The Labute approximate surface area is 123 Å². The summed E-state index contributed by atoms with van der Waals surface area (Å²) in [5, 5.41) is 2.84. The number of morpholine rings is 1. The maximum atomic E-state index is 12.8. The van der Waals surface area contributed by atoms with E-state index in [1.807, 2.05) is 13.8 Å². The average molecular weight is 304 g/mol. The van der Waals surface area contributed by atoms with Crippen molar-refractivity contribution in [3.05, 3.63) is 0 Å². The van der Waals surface area contributed by atoms with Crippen molar-refractivity contribution in [1.29, 1.82) is 0 Å². The number of hydrogen-bond acceptors (Lipinski definition) is 4. The molecule has 1 saturated carbocycles. The Hall–Kier alpha value is -0.170. The van der Waals surface area contributed by atoms with E-state index < -0.39 is 10.0 Å². The molecule has 2 rings (SSSR count). The molecule has 0 aromatic heterocycles. The maximum Gasteiger partial charge on any atom is 0.218 e. The number of hydrogen-bond donors (Lipinski definition) is 1. The van der Waals surface area contributed by atoms with E-state index in [1.54, 1.807) is 11.2 Å². The molecule has 1 aliphatic heterocycles. The van der Waals surface area contributed by atoms with Gasteiger partial charge >= 0.3 is 0 Å². The van der Waals surface area contributed by atoms with E-state index in [0.717, 1.165) is 25.7 Å². The van der Waals surface area contributed by atoms with Crippen molar-refractivity contribution in [2.24, 2.45) is 0 Å². The quantitative estimate of drug-likeness (QED) is 0.833. The van der Waals surface area contributed by atoms with Crippen molar-refractivity contribution in [1.82, 2.24) is 9.62 Å². The van der Waals surface area contributed by atoms with Crippen LogP contribution in [0.1, 0.15) is 46.5 Å². The first kappa shape index (κ1) is 16.2. The zero-order valence-electron chi connectivity index (χ0n) is 12.8. The molecule has 118 valence electrons. The second-order valence-corrected chi connectivity index (χ2v) is 8.59. The van der Waals surface area contributed by atoms with Crippen molar-refractivity contribution in [2.45, 2.75) is 69.9 Å². The third kappa shape index (κ3) is 3.53. The van der Waals surface area contributed by atoms with Gasteiger partial charge in [0, 0.05) is 19.1 Å². The SMILES string of the molecule is CC(C)NCC(C)S(=O)(=O)N1CCOC2CCCCC21. The van der Waals surface area contributed by atoms with Crippen LogP contribution in [-0.2, 0) is 14.8 Å². The van der Waals surface area contributed by atoms with E-state index in [1.165, 1.54) is 0 Å². The minimum absolute atomic E-state index is 0.0593. The van der Waals surface area contributed by atoms with E-state index in [9.17, 15) is 8.42 Å². The summed E-state index contributed by atoms with van der Waals surface area (Å²) in [5.41, 5.74) is 0. The molecule has 1 aliphatic carbocycles. The molecular formula is C14H28N2O3S. The Morgan fingerprint density at radius 3 is 2.65 bits per heavy atom. The molecule has 1 N–H and O–H groups in total. The van der Waals surface area contributed by atoms with E-state index in [-0.39, 0.29) is 17.4 Å². The molecule has 2 fully saturated rings. The summed E-state index contributed by atoms with van der Waals surface area (Å²) in [6.07, 6.45) is 4.30. The lowest BCUT2D eigenvalue weighted by Gasteiger charge is -2.43. The highest BCUT2D eigenvalue weighted by Crippen LogP contribution is 2.31. The molecule has 3 atom stereocenters. The van der Waals surface area contributed by atoms with Crippen molar-refractivity contribution >= 4 is 10.0 Å². The highest BCUT2D eigenvalue weighted by atomic mass is 32.2. The van der Waals surface area contributed by atoms with Gasteiger partial charge in [-0.25, -0.2) is 8.42 Å². The summed E-state index contributed by atoms with van der Waals surface area (Å²) in [6.45, 7) is 7.42. The van der Waals surface area contributed by atoms with Gasteiger partial charge < -0.3 is 10.1 Å². The van der Waals surface area contributed by atoms with E-state index in [4.69, 9.17) is 4.74 Å². The normalized spacial score (nSPS) is 30.2. The highest BCUT2D eigenvalue weighted by Gasteiger charge is 2.41. The predicted molar refractivity (Wildman–Crippen MR) is 80.2 cm³/mol. The Morgan fingerprint density at radius 1 is 1.25 bits per heavy atom. The van der Waals surface area contributed by atoms with Gasteiger partial charge in [-0.2, -0.15) is 4.31 Å². The first-order valence-corrected chi connectivity index (χ1v) is 9.29. The van der Waals surface area contributed by atoms with Gasteiger partial charge in [0.25, 0.3) is 0 Å². The Balaban J connectivity index is 2.06. The summed E-state index contributed by atoms with van der Waals surface area (Å²) >= 11 is 0. The molecule has 2 aliphatic rings. The molecule has 6 heteroatoms. The molecule has 0 spiro atoms. The first-order valence-electron chi connectivity index (χ1n) is 7.78. The smallest absolute Gasteiger partial charge is 0.218 e. The van der Waals surface area contributed by atoms with E-state index in [2.05, 4.69) is 5.32 Å². The number of sulfonamides is 1. The third-order valence-corrected chi connectivity index (χ3v) is 6.62. The van der Waals surface area contributed by atoms with Crippen LogP contribution in [0.2, 0.25) is 0 Å². The number of ether oxygens (including phenoxy) is 1. The first-order chi connectivity index (χ1) is 9.43. The molecule has 0 radical (unpaired) electrons. The standard InChI is InChI=1S/C14H28N2O3S/c1-11(2)15-10-12(3)20(17,18)16-8-9-19-14-7-5-4-6-13(14)16/h11-15H,4-10H2,1-3H3. The largest absolute Gasteiger partial charge is 0.375 e. The molecular weight excluding hydrogens is 276 g/mol. The van der Waals surface area contributed by atoms with Gasteiger partial charge in [-0.05, 0) is 19.8 Å². The number of nitrogens with one attached hydrogen (secondary N) is 1. The summed E-state index contributed by atoms with van der Waals surface area (Å²) < 4.78 is 33.1. The van der Waals surface area contributed by atoms with Crippen LogP contribution < -0.4 is 5.32 Å². The fourth-order valence-corrected chi connectivity index (χ4v) is 4.83. The van der Waals surface area contributed by atoms with Crippen LogP contribution in [0.25, 0.3) is 0 Å². The molecule has 0 bridgehead atoms. The van der Waals surface area contributed by atoms with Gasteiger partial charge in [-0.3, -0.25) is 0 Å². The summed E-state index contributed by atoms with van der Waals surface area (Å²) in [7, 11) is -3.24. The fraction of sp³-hybridized carbons (Fsp3) is 1.00. The van der Waals surface area contributed by atoms with Gasteiger partial charge in [0.15, 0.2) is 0 Å². The van der Waals surface area contributed by atoms with Crippen LogP contribution in [0, 0.1) is 0 Å². The lowest BCUT2D eigenvalue weighted by molar-refractivity contribution is -0.0588. The summed E-state index contributed by atoms with van der Waals surface area (Å²) in [5.74, 6) is 0. The molecule has 1 saturated heterocycles. The lowest BCUT2D eigenvalue weighted by Crippen LogP contribution is -2.57. The van der Waals surface area contributed by atoms with Crippen LogP contribution in [0.15, 0.2) is 0 Å². The van der Waals surface area contributed by atoms with Crippen molar-refractivity contribution in [3.8, 4) is 0 Å². The molecule has 0 amide bonds. The van der Waals surface area contributed by atoms with Crippen LogP contribution in [0.3, 0.4) is 0 Å². The second kappa shape index (κ2) is 6.73. The zero-order chi connectivity index (χ0) is 14.8. The summed E-state index contributed by atoms with van der Waals surface area (Å²) in [6, 6.07) is 0.365. The third-order valence-electron chi connectivity index (χ3n) is 4.33. The van der Waals surface area contributed by atoms with Crippen LogP contribution in [0.4, 0.5) is 0 Å². The molecule has 3 unspecified atom stereocenters.